The molecule has 0 aliphatic rings. The molecule has 5 nitrogen and oxygen atoms in total. The van der Waals surface area contributed by atoms with Gasteiger partial charge in [-0.1, -0.05) is 30.3 Å². The second kappa shape index (κ2) is 7.75. The number of rotatable bonds is 6. The number of aryl methyl sites for hydroxylation is 1. The van der Waals surface area contributed by atoms with Crippen molar-refractivity contribution in [3.63, 3.8) is 0 Å². The highest BCUT2D eigenvalue weighted by Gasteiger charge is 2.16. The van der Waals surface area contributed by atoms with E-state index in [0.29, 0.717) is 11.5 Å². The number of hydrogen-bond donors (Lipinski definition) is 2. The molecule has 0 saturated carbocycles. The first-order chi connectivity index (χ1) is 12.8. The van der Waals surface area contributed by atoms with Crippen molar-refractivity contribution in [3.8, 4) is 0 Å². The molecule has 0 radical (unpaired) electrons. The summed E-state index contributed by atoms with van der Waals surface area (Å²) in [4.78, 5) is 4.26. The van der Waals surface area contributed by atoms with Crippen molar-refractivity contribution in [2.45, 2.75) is 24.8 Å². The second-order valence-electron chi connectivity index (χ2n) is 6.23. The molecule has 0 fully saturated rings. The molecule has 1 atom stereocenters. The molecule has 0 saturated heterocycles. The Labute approximate surface area is 158 Å². The van der Waals surface area contributed by atoms with E-state index in [9.17, 15) is 12.8 Å². The van der Waals surface area contributed by atoms with Gasteiger partial charge in [0.05, 0.1) is 16.8 Å². The highest BCUT2D eigenvalue weighted by molar-refractivity contribution is 7.92. The van der Waals surface area contributed by atoms with Crippen LogP contribution in [0.1, 0.15) is 24.1 Å². The summed E-state index contributed by atoms with van der Waals surface area (Å²) in [7, 11) is -3.81. The highest BCUT2D eigenvalue weighted by atomic mass is 32.2. The number of halogens is 1. The van der Waals surface area contributed by atoms with Gasteiger partial charge in [0, 0.05) is 6.04 Å². The van der Waals surface area contributed by atoms with Gasteiger partial charge in [0.1, 0.15) is 11.6 Å². The van der Waals surface area contributed by atoms with E-state index in [2.05, 4.69) is 15.0 Å². The van der Waals surface area contributed by atoms with Crippen LogP contribution in [0.2, 0.25) is 0 Å². The van der Waals surface area contributed by atoms with Gasteiger partial charge < -0.3 is 5.32 Å². The fourth-order valence-corrected chi connectivity index (χ4v) is 3.71. The summed E-state index contributed by atoms with van der Waals surface area (Å²) in [5.41, 5.74) is 1.72. The number of aromatic nitrogens is 1. The first-order valence-corrected chi connectivity index (χ1v) is 9.90. The molecule has 1 aromatic heterocycles. The van der Waals surface area contributed by atoms with Crippen molar-refractivity contribution in [3.05, 3.63) is 83.8 Å². The van der Waals surface area contributed by atoms with Gasteiger partial charge >= 0.3 is 0 Å². The van der Waals surface area contributed by atoms with Crippen LogP contribution < -0.4 is 10.0 Å². The molecule has 3 rings (SSSR count). The molecule has 0 aliphatic carbocycles. The van der Waals surface area contributed by atoms with Crippen LogP contribution in [0.25, 0.3) is 0 Å². The van der Waals surface area contributed by atoms with E-state index in [1.807, 2.05) is 37.3 Å². The van der Waals surface area contributed by atoms with Crippen LogP contribution in [-0.2, 0) is 10.0 Å². The van der Waals surface area contributed by atoms with Gasteiger partial charge in [-0.05, 0) is 55.3 Å². The van der Waals surface area contributed by atoms with Gasteiger partial charge in [0.25, 0.3) is 10.0 Å². The number of anilines is 2. The van der Waals surface area contributed by atoms with Crippen molar-refractivity contribution >= 4 is 21.5 Å². The quantitative estimate of drug-likeness (QED) is 0.655. The zero-order valence-electron chi connectivity index (χ0n) is 15.0. The van der Waals surface area contributed by atoms with Crippen molar-refractivity contribution < 1.29 is 12.8 Å². The second-order valence-corrected chi connectivity index (χ2v) is 7.91. The van der Waals surface area contributed by atoms with Gasteiger partial charge in [0.15, 0.2) is 0 Å². The number of sulfonamides is 1. The maximum absolute atomic E-state index is 13.4. The largest absolute Gasteiger partial charge is 0.364 e. The Morgan fingerprint density at radius 2 is 1.78 bits per heavy atom. The summed E-state index contributed by atoms with van der Waals surface area (Å²) >= 11 is 0. The minimum Gasteiger partial charge on any atom is -0.364 e. The third-order valence-electron chi connectivity index (χ3n) is 4.12. The normalized spacial score (nSPS) is 12.4. The summed E-state index contributed by atoms with van der Waals surface area (Å²) in [6.45, 7) is 3.54. The molecule has 27 heavy (non-hydrogen) atoms. The number of nitrogens with zero attached hydrogens (tertiary/aromatic N) is 1. The SMILES string of the molecule is Cc1cc(S(=O)(=O)Nc2ccc(NC(C)c3ccccc3)nc2)ccc1F. The van der Waals surface area contributed by atoms with Gasteiger partial charge in [0.2, 0.25) is 0 Å². The molecule has 0 aliphatic heterocycles. The molecule has 0 spiro atoms. The van der Waals surface area contributed by atoms with Crippen LogP contribution in [-0.4, -0.2) is 13.4 Å². The molecule has 2 aromatic carbocycles. The monoisotopic (exact) mass is 385 g/mol. The molecule has 2 N–H and O–H groups in total. The fourth-order valence-electron chi connectivity index (χ4n) is 2.58. The van der Waals surface area contributed by atoms with Gasteiger partial charge in [-0.25, -0.2) is 17.8 Å². The average molecular weight is 385 g/mol. The number of nitrogens with one attached hydrogen (secondary N) is 2. The van der Waals surface area contributed by atoms with Crippen LogP contribution in [0, 0.1) is 12.7 Å². The topological polar surface area (TPSA) is 71.1 Å². The predicted molar refractivity (Wildman–Crippen MR) is 105 cm³/mol. The molecule has 3 aromatic rings. The summed E-state index contributed by atoms with van der Waals surface area (Å²) in [6, 6.07) is 17.0. The Balaban J connectivity index is 1.70. The van der Waals surface area contributed by atoms with Gasteiger partial charge in [-0.2, -0.15) is 0 Å². The van der Waals surface area contributed by atoms with Crippen molar-refractivity contribution in [1.82, 2.24) is 4.98 Å². The smallest absolute Gasteiger partial charge is 0.261 e. The van der Waals surface area contributed by atoms with E-state index in [0.717, 1.165) is 11.6 Å². The summed E-state index contributed by atoms with van der Waals surface area (Å²) < 4.78 is 40.7. The van der Waals surface area contributed by atoms with Crippen LogP contribution in [0.4, 0.5) is 15.9 Å². The minimum absolute atomic E-state index is 0.00120. The van der Waals surface area contributed by atoms with E-state index < -0.39 is 15.8 Å². The lowest BCUT2D eigenvalue weighted by Crippen LogP contribution is -2.14. The minimum atomic E-state index is -3.81. The van der Waals surface area contributed by atoms with Crippen LogP contribution in [0.3, 0.4) is 0 Å². The van der Waals surface area contributed by atoms with Crippen molar-refractivity contribution in [2.24, 2.45) is 0 Å². The number of benzene rings is 2. The van der Waals surface area contributed by atoms with Crippen LogP contribution in [0.15, 0.2) is 71.8 Å². The van der Waals surface area contributed by atoms with Crippen LogP contribution in [0.5, 0.6) is 0 Å². The summed E-state index contributed by atoms with van der Waals surface area (Å²) in [5.74, 6) is 0.186. The fraction of sp³-hybridized carbons (Fsp3) is 0.150. The summed E-state index contributed by atoms with van der Waals surface area (Å²) in [6.07, 6.45) is 1.44. The summed E-state index contributed by atoms with van der Waals surface area (Å²) in [5, 5.41) is 3.26. The third-order valence-corrected chi connectivity index (χ3v) is 5.50. The highest BCUT2D eigenvalue weighted by Crippen LogP contribution is 2.21. The molecule has 0 amide bonds. The first kappa shape index (κ1) is 18.8. The molecule has 1 unspecified atom stereocenters. The predicted octanol–water partition coefficient (Wildman–Crippen LogP) is 4.50. The maximum atomic E-state index is 13.4. The Hall–Kier alpha value is -2.93. The molecule has 140 valence electrons. The van der Waals surface area contributed by atoms with Crippen LogP contribution >= 0.6 is 0 Å². The average Bonchev–Trinajstić information content (AvgIpc) is 2.66. The third kappa shape index (κ3) is 4.62. The lowest BCUT2D eigenvalue weighted by atomic mass is 10.1. The van der Waals surface area contributed by atoms with Gasteiger partial charge in [-0.3, -0.25) is 4.72 Å². The molecular weight excluding hydrogens is 365 g/mol. The first-order valence-electron chi connectivity index (χ1n) is 8.42. The zero-order valence-corrected chi connectivity index (χ0v) is 15.8. The van der Waals surface area contributed by atoms with E-state index in [4.69, 9.17) is 0 Å². The molecule has 7 heteroatoms. The number of hydrogen-bond acceptors (Lipinski definition) is 4. The Kier molecular flexibility index (Phi) is 5.41. The standard InChI is InChI=1S/C20H20FN3O2S/c1-14-12-18(9-10-19(14)21)27(25,26)24-17-8-11-20(22-13-17)23-15(2)16-6-4-3-5-7-16/h3-13,15,24H,1-2H3,(H,22,23). The number of pyridine rings is 1. The Morgan fingerprint density at radius 1 is 1.04 bits per heavy atom. The van der Waals surface area contributed by atoms with Crippen molar-refractivity contribution in [2.75, 3.05) is 10.0 Å². The van der Waals surface area contributed by atoms with E-state index in [-0.39, 0.29) is 16.5 Å². The zero-order chi connectivity index (χ0) is 19.4. The lowest BCUT2D eigenvalue weighted by Gasteiger charge is -2.15. The molecule has 1 heterocycles. The van der Waals surface area contributed by atoms with E-state index >= 15 is 0 Å². The Morgan fingerprint density at radius 3 is 2.41 bits per heavy atom. The van der Waals surface area contributed by atoms with E-state index in [1.54, 1.807) is 12.1 Å². The molecule has 0 bridgehead atoms. The maximum Gasteiger partial charge on any atom is 0.261 e. The Bertz CT molecular complexity index is 1020. The van der Waals surface area contributed by atoms with Gasteiger partial charge in [-0.15, -0.1) is 0 Å². The van der Waals surface area contributed by atoms with Crippen molar-refractivity contribution in [1.29, 1.82) is 0 Å². The van der Waals surface area contributed by atoms with E-state index in [1.165, 1.54) is 25.3 Å². The molecular formula is C20H20FN3O2S. The lowest BCUT2D eigenvalue weighted by molar-refractivity contribution is 0.598.